The van der Waals surface area contributed by atoms with Crippen LogP contribution in [0.2, 0.25) is 0 Å². The Kier molecular flexibility index (Phi) is 4.11. The van der Waals surface area contributed by atoms with Gasteiger partial charge in [0.25, 0.3) is 0 Å². The highest BCUT2D eigenvalue weighted by Gasteiger charge is 2.44. The number of carbonyl (C=O) groups excluding carboxylic acids is 1. The molecule has 26 heavy (non-hydrogen) atoms. The first-order valence-electron chi connectivity index (χ1n) is 10.4. The lowest BCUT2D eigenvalue weighted by Crippen LogP contribution is -2.53. The van der Waals surface area contributed by atoms with Gasteiger partial charge in [-0.1, -0.05) is 42.5 Å². The molecule has 2 atom stereocenters. The van der Waals surface area contributed by atoms with Gasteiger partial charge < -0.3 is 9.80 Å². The third-order valence-electron chi connectivity index (χ3n) is 6.83. The smallest absolute Gasteiger partial charge is 0.320 e. The zero-order valence-electron chi connectivity index (χ0n) is 15.4. The van der Waals surface area contributed by atoms with Crippen molar-refractivity contribution < 1.29 is 4.79 Å². The maximum atomic E-state index is 13.1. The SMILES string of the molecule is O=C(N1CCCCC1)N1C2CCC1CC(c1ccc3ccccc3c1)C2. The van der Waals surface area contributed by atoms with Gasteiger partial charge in [0.2, 0.25) is 0 Å². The molecule has 3 heterocycles. The van der Waals surface area contributed by atoms with E-state index in [0.29, 0.717) is 24.0 Å². The first-order chi connectivity index (χ1) is 12.8. The molecule has 0 radical (unpaired) electrons. The summed E-state index contributed by atoms with van der Waals surface area (Å²) in [6.07, 6.45) is 8.27. The molecule has 0 aliphatic carbocycles. The summed E-state index contributed by atoms with van der Waals surface area (Å²) in [5.74, 6) is 0.600. The molecule has 2 aromatic carbocycles. The molecule has 136 valence electrons. The van der Waals surface area contributed by atoms with Crippen molar-refractivity contribution in [3.8, 4) is 0 Å². The molecule has 2 bridgehead atoms. The Morgan fingerprint density at radius 1 is 0.846 bits per heavy atom. The molecular weight excluding hydrogens is 320 g/mol. The van der Waals surface area contributed by atoms with Gasteiger partial charge in [-0.2, -0.15) is 0 Å². The summed E-state index contributed by atoms with van der Waals surface area (Å²) < 4.78 is 0. The fraction of sp³-hybridized carbons (Fsp3) is 0.522. The van der Waals surface area contributed by atoms with Crippen LogP contribution in [-0.4, -0.2) is 41.0 Å². The van der Waals surface area contributed by atoms with Crippen LogP contribution >= 0.6 is 0 Å². The van der Waals surface area contributed by atoms with Crippen molar-refractivity contribution in [1.82, 2.24) is 9.80 Å². The van der Waals surface area contributed by atoms with E-state index in [2.05, 4.69) is 52.3 Å². The van der Waals surface area contributed by atoms with Crippen LogP contribution < -0.4 is 0 Å². The number of fused-ring (bicyclic) bond motifs is 3. The van der Waals surface area contributed by atoms with E-state index in [0.717, 1.165) is 25.9 Å². The maximum absolute atomic E-state index is 13.1. The third kappa shape index (κ3) is 2.78. The number of amides is 2. The number of likely N-dealkylation sites (tertiary alicyclic amines) is 1. The molecule has 2 amide bonds. The van der Waals surface area contributed by atoms with Gasteiger partial charge in [-0.15, -0.1) is 0 Å². The maximum Gasteiger partial charge on any atom is 0.320 e. The summed E-state index contributed by atoms with van der Waals surface area (Å²) >= 11 is 0. The first-order valence-corrected chi connectivity index (χ1v) is 10.4. The summed E-state index contributed by atoms with van der Waals surface area (Å²) in [4.78, 5) is 17.5. The molecule has 3 nitrogen and oxygen atoms in total. The highest BCUT2D eigenvalue weighted by Crippen LogP contribution is 2.44. The first kappa shape index (κ1) is 16.2. The van der Waals surface area contributed by atoms with Crippen LogP contribution in [0.4, 0.5) is 4.79 Å². The highest BCUT2D eigenvalue weighted by molar-refractivity contribution is 5.83. The highest BCUT2D eigenvalue weighted by atomic mass is 16.2. The van der Waals surface area contributed by atoms with Crippen molar-refractivity contribution in [2.75, 3.05) is 13.1 Å². The van der Waals surface area contributed by atoms with Crippen molar-refractivity contribution in [3.63, 3.8) is 0 Å². The quantitative estimate of drug-likeness (QED) is 0.698. The lowest BCUT2D eigenvalue weighted by Gasteiger charge is -2.42. The van der Waals surface area contributed by atoms with E-state index < -0.39 is 0 Å². The fourth-order valence-corrected chi connectivity index (χ4v) is 5.47. The molecular formula is C23H28N2O. The van der Waals surface area contributed by atoms with Gasteiger partial charge in [-0.25, -0.2) is 4.79 Å². The Bertz CT molecular complexity index is 797. The van der Waals surface area contributed by atoms with E-state index in [1.165, 1.54) is 48.4 Å². The molecule has 2 unspecified atom stereocenters. The number of urea groups is 1. The van der Waals surface area contributed by atoms with E-state index in [4.69, 9.17) is 0 Å². The summed E-state index contributed by atoms with van der Waals surface area (Å²) in [7, 11) is 0. The number of piperidine rings is 2. The van der Waals surface area contributed by atoms with Crippen LogP contribution in [0.3, 0.4) is 0 Å². The molecule has 0 aromatic heterocycles. The summed E-state index contributed by atoms with van der Waals surface area (Å²) in [5.41, 5.74) is 1.46. The van der Waals surface area contributed by atoms with E-state index in [9.17, 15) is 4.79 Å². The van der Waals surface area contributed by atoms with E-state index in [-0.39, 0.29) is 0 Å². The second-order valence-corrected chi connectivity index (χ2v) is 8.40. The van der Waals surface area contributed by atoms with Gasteiger partial charge in [0, 0.05) is 25.2 Å². The second-order valence-electron chi connectivity index (χ2n) is 8.40. The minimum absolute atomic E-state index is 0.328. The van der Waals surface area contributed by atoms with Crippen LogP contribution in [0.5, 0.6) is 0 Å². The molecule has 3 fully saturated rings. The Morgan fingerprint density at radius 2 is 1.54 bits per heavy atom. The van der Waals surface area contributed by atoms with Gasteiger partial charge in [0.05, 0.1) is 0 Å². The number of nitrogens with zero attached hydrogens (tertiary/aromatic N) is 2. The average molecular weight is 348 g/mol. The van der Waals surface area contributed by atoms with Gasteiger partial charge in [0.15, 0.2) is 0 Å². The van der Waals surface area contributed by atoms with E-state index >= 15 is 0 Å². The van der Waals surface area contributed by atoms with Crippen LogP contribution in [0.1, 0.15) is 56.4 Å². The predicted octanol–water partition coefficient (Wildman–Crippen LogP) is 5.16. The Labute approximate surface area is 156 Å². The van der Waals surface area contributed by atoms with Crippen molar-refractivity contribution in [2.45, 2.75) is 62.9 Å². The molecule has 2 aromatic rings. The van der Waals surface area contributed by atoms with Crippen molar-refractivity contribution >= 4 is 16.8 Å². The standard InChI is InChI=1S/C23H28N2O/c26-23(24-12-4-1-5-13-24)25-21-10-11-22(25)16-20(15-21)19-9-8-17-6-2-3-7-18(17)14-19/h2-3,6-9,14,20-22H,1,4-5,10-13,15-16H2. The number of benzene rings is 2. The van der Waals surface area contributed by atoms with Crippen LogP contribution in [0.15, 0.2) is 42.5 Å². The van der Waals surface area contributed by atoms with Gasteiger partial charge in [-0.05, 0) is 67.2 Å². The van der Waals surface area contributed by atoms with Crippen molar-refractivity contribution in [3.05, 3.63) is 48.0 Å². The molecule has 5 rings (SSSR count). The van der Waals surface area contributed by atoms with Crippen LogP contribution in [0.25, 0.3) is 10.8 Å². The van der Waals surface area contributed by atoms with Gasteiger partial charge >= 0.3 is 6.03 Å². The van der Waals surface area contributed by atoms with Crippen LogP contribution in [-0.2, 0) is 0 Å². The van der Waals surface area contributed by atoms with Crippen LogP contribution in [0, 0.1) is 0 Å². The Morgan fingerprint density at radius 3 is 2.27 bits per heavy atom. The molecule has 0 N–H and O–H groups in total. The molecule has 3 aliphatic rings. The molecule has 3 saturated heterocycles. The van der Waals surface area contributed by atoms with Crippen molar-refractivity contribution in [2.24, 2.45) is 0 Å². The zero-order valence-corrected chi connectivity index (χ0v) is 15.4. The minimum atomic E-state index is 0.328. The Balaban J connectivity index is 1.35. The lowest BCUT2D eigenvalue weighted by atomic mass is 9.84. The second kappa shape index (κ2) is 6.61. The van der Waals surface area contributed by atoms with Crippen molar-refractivity contribution in [1.29, 1.82) is 0 Å². The number of carbonyl (C=O) groups is 1. The largest absolute Gasteiger partial charge is 0.325 e. The molecule has 0 saturated carbocycles. The molecule has 0 spiro atoms. The monoisotopic (exact) mass is 348 g/mol. The normalized spacial score (nSPS) is 28.5. The third-order valence-corrected chi connectivity index (χ3v) is 6.83. The number of hydrogen-bond donors (Lipinski definition) is 0. The summed E-state index contributed by atoms with van der Waals surface area (Å²) in [6, 6.07) is 16.8. The summed E-state index contributed by atoms with van der Waals surface area (Å²) in [6.45, 7) is 1.92. The number of hydrogen-bond acceptors (Lipinski definition) is 1. The number of rotatable bonds is 1. The molecule has 3 aliphatic heterocycles. The zero-order chi connectivity index (χ0) is 17.5. The minimum Gasteiger partial charge on any atom is -0.325 e. The topological polar surface area (TPSA) is 23.6 Å². The van der Waals surface area contributed by atoms with E-state index in [1.807, 2.05) is 0 Å². The predicted molar refractivity (Wildman–Crippen MR) is 105 cm³/mol. The fourth-order valence-electron chi connectivity index (χ4n) is 5.47. The summed E-state index contributed by atoms with van der Waals surface area (Å²) in [5, 5.41) is 2.65. The average Bonchev–Trinajstić information content (AvgIpc) is 2.97. The lowest BCUT2D eigenvalue weighted by molar-refractivity contribution is 0.0991. The molecule has 3 heteroatoms. The Hall–Kier alpha value is -2.03. The van der Waals surface area contributed by atoms with Gasteiger partial charge in [-0.3, -0.25) is 0 Å². The van der Waals surface area contributed by atoms with Gasteiger partial charge in [0.1, 0.15) is 0 Å². The van der Waals surface area contributed by atoms with E-state index in [1.54, 1.807) is 0 Å².